The van der Waals surface area contributed by atoms with Gasteiger partial charge in [-0.1, -0.05) is 0 Å². The molecule has 1 N–H and O–H groups in total. The SMILES string of the molecule is CC(=O)NC[C@H]1CN(c2ccc(N3CC4C(CN(C)Cc5ccc(C=O)o5)C4C3)c(F)c2)C(=O)O1. The van der Waals surface area contributed by atoms with E-state index >= 15 is 4.39 Å². The summed E-state index contributed by atoms with van der Waals surface area (Å²) in [6.07, 6.45) is -0.301. The number of hydrogen-bond acceptors (Lipinski definition) is 7. The third kappa shape index (κ3) is 4.88. The lowest BCUT2D eigenvalue weighted by Crippen LogP contribution is -2.33. The van der Waals surface area contributed by atoms with E-state index in [1.807, 2.05) is 13.1 Å². The number of halogens is 1. The Balaban J connectivity index is 1.13. The number of fused-ring (bicyclic) bond motifs is 1. The van der Waals surface area contributed by atoms with E-state index < -0.39 is 12.2 Å². The Morgan fingerprint density at radius 2 is 2.00 bits per heavy atom. The number of anilines is 2. The van der Waals surface area contributed by atoms with Gasteiger partial charge in [0.1, 0.15) is 17.7 Å². The van der Waals surface area contributed by atoms with Crippen LogP contribution in [-0.2, 0) is 16.1 Å². The highest BCUT2D eigenvalue weighted by atomic mass is 19.1. The van der Waals surface area contributed by atoms with Gasteiger partial charge in [0.25, 0.3) is 0 Å². The molecule has 0 radical (unpaired) electrons. The Bertz CT molecular complexity index is 1120. The summed E-state index contributed by atoms with van der Waals surface area (Å²) in [5, 5.41) is 2.63. The van der Waals surface area contributed by atoms with Gasteiger partial charge in [-0.3, -0.25) is 19.4 Å². The average Bonchev–Trinajstić information content (AvgIpc) is 3.26. The van der Waals surface area contributed by atoms with Crippen molar-refractivity contribution in [3.05, 3.63) is 47.7 Å². The Labute approximate surface area is 202 Å². The van der Waals surface area contributed by atoms with Crippen LogP contribution in [0, 0.1) is 23.6 Å². The van der Waals surface area contributed by atoms with Gasteiger partial charge in [-0.15, -0.1) is 0 Å². The molecule has 0 bridgehead atoms. The summed E-state index contributed by atoms with van der Waals surface area (Å²) in [4.78, 5) is 39.8. The normalized spacial score (nSPS) is 25.1. The van der Waals surface area contributed by atoms with Gasteiger partial charge >= 0.3 is 6.09 Å². The van der Waals surface area contributed by atoms with Crippen LogP contribution in [0.15, 0.2) is 34.7 Å². The van der Waals surface area contributed by atoms with E-state index in [0.29, 0.717) is 47.7 Å². The number of carbonyl (C=O) groups excluding carboxylic acids is 3. The van der Waals surface area contributed by atoms with Crippen LogP contribution in [0.3, 0.4) is 0 Å². The number of hydrogen-bond donors (Lipinski definition) is 1. The maximum absolute atomic E-state index is 15.0. The average molecular weight is 485 g/mol. The number of nitrogens with one attached hydrogen (secondary N) is 1. The van der Waals surface area contributed by atoms with Crippen molar-refractivity contribution in [3.63, 3.8) is 0 Å². The summed E-state index contributed by atoms with van der Waals surface area (Å²) in [7, 11) is 2.04. The second kappa shape index (κ2) is 9.33. The summed E-state index contributed by atoms with van der Waals surface area (Å²) < 4.78 is 25.8. The first-order valence-electron chi connectivity index (χ1n) is 11.8. The van der Waals surface area contributed by atoms with Crippen molar-refractivity contribution in [3.8, 4) is 0 Å². The highest BCUT2D eigenvalue weighted by Crippen LogP contribution is 2.53. The molecule has 3 aliphatic rings. The zero-order chi connectivity index (χ0) is 24.7. The fourth-order valence-electron chi connectivity index (χ4n) is 5.37. The zero-order valence-corrected chi connectivity index (χ0v) is 19.8. The fraction of sp³-hybridized carbons (Fsp3) is 0.480. The summed E-state index contributed by atoms with van der Waals surface area (Å²) in [5.74, 6) is 2.18. The van der Waals surface area contributed by atoms with Gasteiger partial charge < -0.3 is 19.4 Å². The Morgan fingerprint density at radius 3 is 2.66 bits per heavy atom. The van der Waals surface area contributed by atoms with Crippen molar-refractivity contribution >= 4 is 29.7 Å². The van der Waals surface area contributed by atoms with Crippen LogP contribution in [0.1, 0.15) is 23.2 Å². The molecule has 10 heteroatoms. The predicted octanol–water partition coefficient (Wildman–Crippen LogP) is 2.51. The Hall–Kier alpha value is -3.40. The minimum atomic E-state index is -0.543. The molecule has 2 aromatic rings. The largest absolute Gasteiger partial charge is 0.457 e. The van der Waals surface area contributed by atoms with Gasteiger partial charge in [0.05, 0.1) is 31.0 Å². The molecule has 5 rings (SSSR count). The third-order valence-electron chi connectivity index (χ3n) is 7.15. The molecule has 9 nitrogen and oxygen atoms in total. The first-order valence-corrected chi connectivity index (χ1v) is 11.8. The van der Waals surface area contributed by atoms with Crippen LogP contribution in [0.4, 0.5) is 20.6 Å². The van der Waals surface area contributed by atoms with E-state index in [2.05, 4.69) is 15.1 Å². The standard InChI is InChI=1S/C25H29FN4O5/c1-15(32)27-8-19-10-30(25(33)35-19)16-3-6-24(23(26)7-16)29-12-21-20(22(21)13-29)11-28(2)9-17-4-5-18(14-31)34-17/h3-7,14,19-22H,8-13H2,1-2H3,(H,27,32)/t19-,20?,21?,22?/m0/s1. The summed E-state index contributed by atoms with van der Waals surface area (Å²) in [6.45, 7) is 5.08. The summed E-state index contributed by atoms with van der Waals surface area (Å²) in [5.41, 5.74) is 0.994. The number of rotatable bonds is 9. The molecule has 3 atom stereocenters. The van der Waals surface area contributed by atoms with Crippen molar-refractivity contribution in [1.82, 2.24) is 10.2 Å². The maximum atomic E-state index is 15.0. The Morgan fingerprint density at radius 1 is 1.23 bits per heavy atom. The number of amides is 2. The van der Waals surface area contributed by atoms with E-state index in [0.717, 1.165) is 25.4 Å². The molecule has 2 amide bonds. The molecule has 186 valence electrons. The second-order valence-corrected chi connectivity index (χ2v) is 9.70. The molecule has 3 heterocycles. The molecule has 3 fully saturated rings. The van der Waals surface area contributed by atoms with Crippen molar-refractivity contribution in [2.45, 2.75) is 19.6 Å². The fourth-order valence-corrected chi connectivity index (χ4v) is 5.37. The molecule has 1 saturated carbocycles. The smallest absolute Gasteiger partial charge is 0.414 e. The number of furan rings is 1. The third-order valence-corrected chi connectivity index (χ3v) is 7.15. The lowest BCUT2D eigenvalue weighted by atomic mass is 10.2. The van der Waals surface area contributed by atoms with Gasteiger partial charge in [0.15, 0.2) is 12.0 Å². The van der Waals surface area contributed by atoms with Crippen molar-refractivity contribution in [1.29, 1.82) is 0 Å². The van der Waals surface area contributed by atoms with Crippen LogP contribution < -0.4 is 15.1 Å². The second-order valence-electron chi connectivity index (χ2n) is 9.70. The van der Waals surface area contributed by atoms with Crippen LogP contribution >= 0.6 is 0 Å². The lowest BCUT2D eigenvalue weighted by molar-refractivity contribution is -0.119. The molecule has 2 unspecified atom stereocenters. The molecule has 0 spiro atoms. The molecule has 1 aromatic carbocycles. The first kappa shape index (κ1) is 23.3. The van der Waals surface area contributed by atoms with E-state index in [1.54, 1.807) is 18.2 Å². The lowest BCUT2D eigenvalue weighted by Gasteiger charge is -2.25. The van der Waals surface area contributed by atoms with E-state index in [9.17, 15) is 14.4 Å². The minimum absolute atomic E-state index is 0.196. The van der Waals surface area contributed by atoms with Crippen LogP contribution in [0.2, 0.25) is 0 Å². The topological polar surface area (TPSA) is 95.3 Å². The van der Waals surface area contributed by atoms with Gasteiger partial charge in [0.2, 0.25) is 5.91 Å². The highest BCUT2D eigenvalue weighted by molar-refractivity contribution is 5.90. The summed E-state index contributed by atoms with van der Waals surface area (Å²) in [6, 6.07) is 8.35. The van der Waals surface area contributed by atoms with E-state index in [4.69, 9.17) is 9.15 Å². The van der Waals surface area contributed by atoms with Gasteiger partial charge in [-0.05, 0) is 55.1 Å². The monoisotopic (exact) mass is 484 g/mol. The molecule has 35 heavy (non-hydrogen) atoms. The number of cyclic esters (lactones) is 1. The maximum Gasteiger partial charge on any atom is 0.414 e. The van der Waals surface area contributed by atoms with Crippen molar-refractivity contribution in [2.75, 3.05) is 49.6 Å². The van der Waals surface area contributed by atoms with Crippen LogP contribution in [0.25, 0.3) is 0 Å². The molecule has 1 aliphatic carbocycles. The van der Waals surface area contributed by atoms with Crippen LogP contribution in [-0.4, -0.2) is 69.1 Å². The number of carbonyl (C=O) groups is 3. The van der Waals surface area contributed by atoms with Gasteiger partial charge in [-0.2, -0.15) is 0 Å². The van der Waals surface area contributed by atoms with Crippen molar-refractivity contribution < 1.29 is 27.9 Å². The molecular weight excluding hydrogens is 455 g/mol. The van der Waals surface area contributed by atoms with Gasteiger partial charge in [-0.25, -0.2) is 9.18 Å². The number of benzene rings is 1. The van der Waals surface area contributed by atoms with Gasteiger partial charge in [0, 0.05) is 26.6 Å². The number of ether oxygens (including phenoxy) is 1. The van der Waals surface area contributed by atoms with Crippen LogP contribution in [0.5, 0.6) is 0 Å². The zero-order valence-electron chi connectivity index (χ0n) is 19.8. The predicted molar refractivity (Wildman–Crippen MR) is 126 cm³/mol. The number of aldehydes is 1. The molecular formula is C25H29FN4O5. The summed E-state index contributed by atoms with van der Waals surface area (Å²) >= 11 is 0. The number of piperidine rings is 1. The van der Waals surface area contributed by atoms with Crippen molar-refractivity contribution in [2.24, 2.45) is 17.8 Å². The highest BCUT2D eigenvalue weighted by Gasteiger charge is 2.55. The first-order chi connectivity index (χ1) is 16.8. The Kier molecular flexibility index (Phi) is 6.22. The number of nitrogens with zero attached hydrogens (tertiary/aromatic N) is 3. The molecule has 2 saturated heterocycles. The molecule has 2 aliphatic heterocycles. The minimum Gasteiger partial charge on any atom is -0.457 e. The van der Waals surface area contributed by atoms with E-state index in [1.165, 1.54) is 17.9 Å². The molecule has 1 aromatic heterocycles. The van der Waals surface area contributed by atoms with E-state index in [-0.39, 0.29) is 24.8 Å². The quantitative estimate of drug-likeness (QED) is 0.547.